The van der Waals surface area contributed by atoms with Crippen molar-refractivity contribution < 1.29 is 14.3 Å². The van der Waals surface area contributed by atoms with Gasteiger partial charge in [0.15, 0.2) is 0 Å². The molecule has 0 saturated carbocycles. The molecule has 1 rings (SSSR count). The van der Waals surface area contributed by atoms with E-state index >= 15 is 0 Å². The van der Waals surface area contributed by atoms with Crippen LogP contribution in [0.25, 0.3) is 0 Å². The number of aromatic nitrogens is 1. The summed E-state index contributed by atoms with van der Waals surface area (Å²) < 4.78 is 12.8. The van der Waals surface area contributed by atoms with E-state index in [0.717, 1.165) is 12.3 Å². The normalized spacial score (nSPS) is 12.2. The number of hydrogen-bond acceptors (Lipinski definition) is 3. The quantitative estimate of drug-likeness (QED) is 0.835. The second kappa shape index (κ2) is 5.55. The van der Waals surface area contributed by atoms with Crippen molar-refractivity contribution in [3.8, 4) is 0 Å². The van der Waals surface area contributed by atoms with Gasteiger partial charge >= 0.3 is 0 Å². The SMILES string of the molecule is CC(O)CCN(C)C(=O)c1cncc(F)c1. The van der Waals surface area contributed by atoms with Gasteiger partial charge in [-0.2, -0.15) is 0 Å². The highest BCUT2D eigenvalue weighted by Crippen LogP contribution is 2.05. The molecule has 0 aromatic carbocycles. The summed E-state index contributed by atoms with van der Waals surface area (Å²) in [7, 11) is 1.61. The lowest BCUT2D eigenvalue weighted by Crippen LogP contribution is -2.29. The smallest absolute Gasteiger partial charge is 0.255 e. The number of pyridine rings is 1. The lowest BCUT2D eigenvalue weighted by Gasteiger charge is -2.17. The summed E-state index contributed by atoms with van der Waals surface area (Å²) in [5, 5.41) is 9.09. The fourth-order valence-corrected chi connectivity index (χ4v) is 1.23. The standard InChI is InChI=1S/C11H15FN2O2/c1-8(15)3-4-14(2)11(16)9-5-10(12)7-13-6-9/h5-8,15H,3-4H2,1-2H3. The molecule has 0 spiro atoms. The molecule has 1 amide bonds. The van der Waals surface area contributed by atoms with Crippen LogP contribution in [0.1, 0.15) is 23.7 Å². The molecule has 0 fully saturated rings. The summed E-state index contributed by atoms with van der Waals surface area (Å²) in [6, 6.07) is 1.15. The largest absolute Gasteiger partial charge is 0.393 e. The molecule has 5 heteroatoms. The van der Waals surface area contributed by atoms with Crippen molar-refractivity contribution in [2.45, 2.75) is 19.4 Å². The number of carbonyl (C=O) groups is 1. The number of aliphatic hydroxyl groups is 1. The minimum atomic E-state index is -0.533. The molecule has 1 atom stereocenters. The summed E-state index contributed by atoms with van der Waals surface area (Å²) in [5.41, 5.74) is 0.216. The summed E-state index contributed by atoms with van der Waals surface area (Å²) in [5.74, 6) is -0.831. The molecule has 0 radical (unpaired) electrons. The van der Waals surface area contributed by atoms with Crippen molar-refractivity contribution in [2.75, 3.05) is 13.6 Å². The Bertz CT molecular complexity index is 369. The second-order valence-corrected chi connectivity index (χ2v) is 3.76. The maximum absolute atomic E-state index is 12.8. The first-order valence-electron chi connectivity index (χ1n) is 5.05. The zero-order valence-corrected chi connectivity index (χ0v) is 9.35. The van der Waals surface area contributed by atoms with Crippen LogP contribution in [0, 0.1) is 5.82 Å². The monoisotopic (exact) mass is 226 g/mol. The topological polar surface area (TPSA) is 53.4 Å². The molecule has 1 unspecified atom stereocenters. The van der Waals surface area contributed by atoms with Crippen molar-refractivity contribution in [2.24, 2.45) is 0 Å². The van der Waals surface area contributed by atoms with Crippen LogP contribution in [0.3, 0.4) is 0 Å². The number of aliphatic hydroxyl groups excluding tert-OH is 1. The minimum Gasteiger partial charge on any atom is -0.393 e. The molecule has 0 saturated heterocycles. The minimum absolute atomic E-state index is 0.216. The number of amides is 1. The van der Waals surface area contributed by atoms with Gasteiger partial charge in [-0.05, 0) is 19.4 Å². The van der Waals surface area contributed by atoms with E-state index in [1.807, 2.05) is 0 Å². The Morgan fingerprint density at radius 1 is 1.62 bits per heavy atom. The molecule has 16 heavy (non-hydrogen) atoms. The van der Waals surface area contributed by atoms with Gasteiger partial charge in [0.1, 0.15) is 5.82 Å². The first-order valence-corrected chi connectivity index (χ1v) is 5.05. The molecule has 1 heterocycles. The molecule has 4 nitrogen and oxygen atoms in total. The average molecular weight is 226 g/mol. The van der Waals surface area contributed by atoms with Gasteiger partial charge in [-0.3, -0.25) is 9.78 Å². The summed E-state index contributed by atoms with van der Waals surface area (Å²) in [6.45, 7) is 2.08. The highest BCUT2D eigenvalue weighted by molar-refractivity contribution is 5.93. The summed E-state index contributed by atoms with van der Waals surface area (Å²) in [4.78, 5) is 16.8. The van der Waals surface area contributed by atoms with Crippen molar-refractivity contribution in [1.29, 1.82) is 0 Å². The fourth-order valence-electron chi connectivity index (χ4n) is 1.23. The summed E-state index contributed by atoms with van der Waals surface area (Å²) in [6.07, 6.45) is 2.41. The van der Waals surface area contributed by atoms with E-state index in [9.17, 15) is 9.18 Å². The van der Waals surface area contributed by atoms with Crippen LogP contribution in [0.5, 0.6) is 0 Å². The molecule has 0 bridgehead atoms. The Hall–Kier alpha value is -1.49. The predicted molar refractivity (Wildman–Crippen MR) is 57.5 cm³/mol. The van der Waals surface area contributed by atoms with Crippen molar-refractivity contribution >= 4 is 5.91 Å². The van der Waals surface area contributed by atoms with Gasteiger partial charge in [-0.1, -0.05) is 0 Å². The third-order valence-electron chi connectivity index (χ3n) is 2.18. The third kappa shape index (κ3) is 3.58. The van der Waals surface area contributed by atoms with Crippen molar-refractivity contribution in [3.63, 3.8) is 0 Å². The number of halogens is 1. The van der Waals surface area contributed by atoms with Crippen LogP contribution in [-0.2, 0) is 0 Å². The van der Waals surface area contributed by atoms with Crippen LogP contribution in [0.2, 0.25) is 0 Å². The van der Waals surface area contributed by atoms with Crippen LogP contribution >= 0.6 is 0 Å². The molecule has 88 valence electrons. The molecular weight excluding hydrogens is 211 g/mol. The van der Waals surface area contributed by atoms with Gasteiger partial charge in [-0.15, -0.1) is 0 Å². The highest BCUT2D eigenvalue weighted by Gasteiger charge is 2.13. The number of carbonyl (C=O) groups excluding carboxylic acids is 1. The molecule has 0 aliphatic rings. The van der Waals surface area contributed by atoms with Crippen molar-refractivity contribution in [1.82, 2.24) is 9.88 Å². The predicted octanol–water partition coefficient (Wildman–Crippen LogP) is 1.06. The van der Waals surface area contributed by atoms with E-state index in [0.29, 0.717) is 13.0 Å². The molecule has 1 aromatic rings. The van der Waals surface area contributed by atoms with Gasteiger partial charge < -0.3 is 10.0 Å². The zero-order valence-electron chi connectivity index (χ0n) is 9.35. The Morgan fingerprint density at radius 2 is 2.31 bits per heavy atom. The van der Waals surface area contributed by atoms with Crippen LogP contribution in [0.15, 0.2) is 18.5 Å². The number of hydrogen-bond donors (Lipinski definition) is 1. The first-order chi connectivity index (χ1) is 7.50. The maximum atomic E-state index is 12.8. The van der Waals surface area contributed by atoms with E-state index < -0.39 is 11.9 Å². The summed E-state index contributed by atoms with van der Waals surface area (Å²) >= 11 is 0. The van der Waals surface area contributed by atoms with Gasteiger partial charge in [0.2, 0.25) is 0 Å². The Kier molecular flexibility index (Phi) is 4.37. The van der Waals surface area contributed by atoms with Gasteiger partial charge in [0.05, 0.1) is 17.9 Å². The molecule has 0 aliphatic carbocycles. The van der Waals surface area contributed by atoms with E-state index in [-0.39, 0.29) is 11.5 Å². The van der Waals surface area contributed by atoms with E-state index in [4.69, 9.17) is 5.11 Å². The first kappa shape index (κ1) is 12.6. The van der Waals surface area contributed by atoms with Crippen molar-refractivity contribution in [3.05, 3.63) is 29.8 Å². The Balaban J connectivity index is 2.63. The lowest BCUT2D eigenvalue weighted by molar-refractivity contribution is 0.0768. The molecular formula is C11H15FN2O2. The number of rotatable bonds is 4. The second-order valence-electron chi connectivity index (χ2n) is 3.76. The lowest BCUT2D eigenvalue weighted by atomic mass is 10.2. The van der Waals surface area contributed by atoms with Crippen LogP contribution < -0.4 is 0 Å². The molecule has 1 N–H and O–H groups in total. The Labute approximate surface area is 93.7 Å². The highest BCUT2D eigenvalue weighted by atomic mass is 19.1. The van der Waals surface area contributed by atoms with E-state index in [1.54, 1.807) is 14.0 Å². The molecule has 1 aromatic heterocycles. The fraction of sp³-hybridized carbons (Fsp3) is 0.455. The molecule has 0 aliphatic heterocycles. The number of nitrogens with zero attached hydrogens (tertiary/aromatic N) is 2. The van der Waals surface area contributed by atoms with E-state index in [1.165, 1.54) is 11.1 Å². The van der Waals surface area contributed by atoms with Gasteiger partial charge in [-0.25, -0.2) is 4.39 Å². The maximum Gasteiger partial charge on any atom is 0.255 e. The zero-order chi connectivity index (χ0) is 12.1. The Morgan fingerprint density at radius 3 is 2.88 bits per heavy atom. The van der Waals surface area contributed by atoms with Crippen LogP contribution in [-0.4, -0.2) is 40.6 Å². The van der Waals surface area contributed by atoms with Gasteiger partial charge in [0.25, 0.3) is 5.91 Å². The van der Waals surface area contributed by atoms with E-state index in [2.05, 4.69) is 4.98 Å². The van der Waals surface area contributed by atoms with Crippen LogP contribution in [0.4, 0.5) is 4.39 Å². The third-order valence-corrected chi connectivity index (χ3v) is 2.18. The van der Waals surface area contributed by atoms with Gasteiger partial charge in [0, 0.05) is 19.8 Å². The average Bonchev–Trinajstić information content (AvgIpc) is 2.24.